The minimum absolute atomic E-state index is 0.0725. The van der Waals surface area contributed by atoms with Gasteiger partial charge in [-0.2, -0.15) is 5.10 Å². The molecule has 1 aliphatic heterocycles. The highest BCUT2D eigenvalue weighted by Gasteiger charge is 2.31. The van der Waals surface area contributed by atoms with Crippen molar-refractivity contribution < 1.29 is 17.9 Å². The molecule has 4 N–H and O–H groups in total. The molecule has 30 heavy (non-hydrogen) atoms. The number of H-pyrrole nitrogens is 1. The van der Waals surface area contributed by atoms with E-state index in [1.165, 1.54) is 6.20 Å². The largest absolute Gasteiger partial charge is 0.446 e. The molecule has 1 amide bonds. The van der Waals surface area contributed by atoms with Gasteiger partial charge in [-0.15, -0.1) is 0 Å². The Balaban J connectivity index is 1.36. The minimum atomic E-state index is -3.48. The molecule has 0 radical (unpaired) electrons. The highest BCUT2D eigenvalue weighted by atomic mass is 32.2. The van der Waals surface area contributed by atoms with Crippen molar-refractivity contribution in [2.24, 2.45) is 0 Å². The Hall–Kier alpha value is -2.66. The van der Waals surface area contributed by atoms with Gasteiger partial charge in [-0.25, -0.2) is 22.9 Å². The summed E-state index contributed by atoms with van der Waals surface area (Å²) >= 11 is 0. The first-order valence-electron chi connectivity index (χ1n) is 9.89. The molecule has 10 nitrogen and oxygen atoms in total. The Morgan fingerprint density at radius 3 is 2.83 bits per heavy atom. The van der Waals surface area contributed by atoms with E-state index in [4.69, 9.17) is 4.74 Å². The maximum absolute atomic E-state index is 12.0. The zero-order chi connectivity index (χ0) is 21.5. The second-order valence-corrected chi connectivity index (χ2v) is 10.4. The van der Waals surface area contributed by atoms with E-state index in [-0.39, 0.29) is 35.2 Å². The predicted molar refractivity (Wildman–Crippen MR) is 110 cm³/mol. The summed E-state index contributed by atoms with van der Waals surface area (Å²) in [5.41, 5.74) is 1.93. The number of rotatable bonds is 4. The van der Waals surface area contributed by atoms with Crippen LogP contribution in [0.1, 0.15) is 57.2 Å². The summed E-state index contributed by atoms with van der Waals surface area (Å²) in [6.07, 6.45) is 3.42. The van der Waals surface area contributed by atoms with Crippen LogP contribution >= 0.6 is 0 Å². The number of aromatic nitrogens is 3. The van der Waals surface area contributed by atoms with Crippen molar-refractivity contribution in [1.29, 1.82) is 0 Å². The van der Waals surface area contributed by atoms with Gasteiger partial charge in [0.25, 0.3) is 10.0 Å². The van der Waals surface area contributed by atoms with E-state index in [0.29, 0.717) is 17.1 Å². The fourth-order valence-corrected chi connectivity index (χ4v) is 4.90. The highest BCUT2D eigenvalue weighted by molar-refractivity contribution is 7.89. The third-order valence-electron chi connectivity index (χ3n) is 5.08. The molecule has 1 aliphatic carbocycles. The van der Waals surface area contributed by atoms with Crippen molar-refractivity contribution in [1.82, 2.24) is 25.2 Å². The molecule has 0 aromatic carbocycles. The smallest absolute Gasteiger partial charge is 0.407 e. The van der Waals surface area contributed by atoms with Crippen LogP contribution in [-0.2, 0) is 21.3 Å². The molecular formula is C19H26N6O4S. The average molecular weight is 435 g/mol. The highest BCUT2D eigenvalue weighted by Crippen LogP contribution is 2.36. The minimum Gasteiger partial charge on any atom is -0.446 e. The van der Waals surface area contributed by atoms with E-state index >= 15 is 0 Å². The Morgan fingerprint density at radius 1 is 1.27 bits per heavy atom. The molecule has 0 saturated heterocycles. The number of fused-ring (bicyclic) bond motifs is 1. The van der Waals surface area contributed by atoms with Gasteiger partial charge in [-0.05, 0) is 46.1 Å². The molecule has 3 heterocycles. The number of amides is 1. The molecule has 2 aromatic rings. The number of nitrogens with zero attached hydrogens (tertiary/aromatic N) is 2. The van der Waals surface area contributed by atoms with Crippen LogP contribution in [0.5, 0.6) is 0 Å². The summed E-state index contributed by atoms with van der Waals surface area (Å²) in [6.45, 7) is 5.97. The lowest BCUT2D eigenvalue weighted by Crippen LogP contribution is -2.42. The van der Waals surface area contributed by atoms with Gasteiger partial charge in [-0.1, -0.05) is 0 Å². The molecule has 0 spiro atoms. The Bertz CT molecular complexity index is 1060. The first-order chi connectivity index (χ1) is 14.1. The lowest BCUT2D eigenvalue weighted by Gasteiger charge is -2.22. The number of hydrogen-bond acceptors (Lipinski definition) is 7. The second kappa shape index (κ2) is 7.55. The van der Waals surface area contributed by atoms with Crippen LogP contribution in [0.2, 0.25) is 0 Å². The number of sulfonamides is 1. The van der Waals surface area contributed by atoms with E-state index < -0.39 is 10.0 Å². The van der Waals surface area contributed by atoms with Gasteiger partial charge < -0.3 is 15.4 Å². The third kappa shape index (κ3) is 4.57. The fourth-order valence-electron chi connectivity index (χ4n) is 3.75. The van der Waals surface area contributed by atoms with E-state index in [9.17, 15) is 13.2 Å². The van der Waals surface area contributed by atoms with Crippen molar-refractivity contribution >= 4 is 27.6 Å². The van der Waals surface area contributed by atoms with Crippen LogP contribution in [0.25, 0.3) is 0 Å². The van der Waals surface area contributed by atoms with Crippen molar-refractivity contribution in [2.75, 3.05) is 5.32 Å². The van der Waals surface area contributed by atoms with Crippen LogP contribution in [0.3, 0.4) is 0 Å². The van der Waals surface area contributed by atoms with Crippen molar-refractivity contribution in [3.8, 4) is 0 Å². The molecule has 1 saturated carbocycles. The van der Waals surface area contributed by atoms with Crippen LogP contribution in [0.4, 0.5) is 16.3 Å². The van der Waals surface area contributed by atoms with Crippen molar-refractivity contribution in [3.05, 3.63) is 29.6 Å². The maximum Gasteiger partial charge on any atom is 0.407 e. The summed E-state index contributed by atoms with van der Waals surface area (Å²) in [6, 6.07) is 3.67. The summed E-state index contributed by atoms with van der Waals surface area (Å²) in [5, 5.41) is 13.4. The average Bonchev–Trinajstić information content (AvgIpc) is 3.33. The summed E-state index contributed by atoms with van der Waals surface area (Å²) < 4.78 is 31.6. The van der Waals surface area contributed by atoms with E-state index in [1.54, 1.807) is 6.07 Å². The second-order valence-electron chi connectivity index (χ2n) is 8.76. The van der Waals surface area contributed by atoms with Crippen LogP contribution < -0.4 is 15.4 Å². The summed E-state index contributed by atoms with van der Waals surface area (Å²) in [4.78, 5) is 16.0. The molecule has 2 aliphatic rings. The molecule has 2 aromatic heterocycles. The number of aromatic amines is 1. The molecule has 4 rings (SSSR count). The van der Waals surface area contributed by atoms with Crippen LogP contribution in [0, 0.1) is 0 Å². The number of carbonyl (C=O) groups excluding carboxylic acids is 1. The van der Waals surface area contributed by atoms with E-state index in [2.05, 4.69) is 30.5 Å². The standard InChI is InChI=1S/C19H26N6O4S/c1-19(2,3)23-18(26)29-14-5-4-11(7-14)15-8-16(25-24-15)22-13-6-12-9-21-30(27,28)17(12)20-10-13/h6,8,10-11,14,21H,4-5,7,9H2,1-3H3,(H,23,26)(H2,22,24,25)/t11-,14+/m0/s1. The first-order valence-corrected chi connectivity index (χ1v) is 11.4. The number of pyridine rings is 1. The summed E-state index contributed by atoms with van der Waals surface area (Å²) in [7, 11) is -3.48. The lowest BCUT2D eigenvalue weighted by atomic mass is 10.0. The Morgan fingerprint density at radius 2 is 2.07 bits per heavy atom. The molecular weight excluding hydrogens is 408 g/mol. The third-order valence-corrected chi connectivity index (χ3v) is 6.48. The monoisotopic (exact) mass is 434 g/mol. The van der Waals surface area contributed by atoms with Crippen LogP contribution in [-0.4, -0.2) is 41.3 Å². The van der Waals surface area contributed by atoms with Gasteiger partial charge >= 0.3 is 6.09 Å². The molecule has 0 bridgehead atoms. The maximum atomic E-state index is 12.0. The zero-order valence-corrected chi connectivity index (χ0v) is 18.0. The van der Waals surface area contributed by atoms with Gasteiger partial charge in [0, 0.05) is 35.3 Å². The Kier molecular flexibility index (Phi) is 5.18. The van der Waals surface area contributed by atoms with Gasteiger partial charge in [0.15, 0.2) is 10.8 Å². The van der Waals surface area contributed by atoms with Gasteiger partial charge in [-0.3, -0.25) is 5.10 Å². The molecule has 0 unspecified atom stereocenters. The van der Waals surface area contributed by atoms with Gasteiger partial charge in [0.05, 0.1) is 11.9 Å². The first kappa shape index (κ1) is 20.6. The quantitative estimate of drug-likeness (QED) is 0.580. The molecule has 2 atom stereocenters. The van der Waals surface area contributed by atoms with Crippen molar-refractivity contribution in [2.45, 2.75) is 69.2 Å². The van der Waals surface area contributed by atoms with E-state index in [0.717, 1.165) is 25.0 Å². The lowest BCUT2D eigenvalue weighted by molar-refractivity contribution is 0.0936. The van der Waals surface area contributed by atoms with Gasteiger partial charge in [0.1, 0.15) is 6.10 Å². The number of hydrogen-bond donors (Lipinski definition) is 4. The van der Waals surface area contributed by atoms with E-state index in [1.807, 2.05) is 26.8 Å². The molecule has 11 heteroatoms. The summed E-state index contributed by atoms with van der Waals surface area (Å²) in [5.74, 6) is 0.850. The Labute approximate surface area is 175 Å². The zero-order valence-electron chi connectivity index (χ0n) is 17.2. The topological polar surface area (TPSA) is 138 Å². The van der Waals surface area contributed by atoms with Gasteiger partial charge in [0.2, 0.25) is 0 Å². The number of nitrogens with one attached hydrogen (secondary N) is 4. The predicted octanol–water partition coefficient (Wildman–Crippen LogP) is 2.50. The number of ether oxygens (including phenoxy) is 1. The number of alkyl carbamates (subject to hydrolysis) is 1. The normalized spacial score (nSPS) is 22.5. The number of anilines is 2. The molecule has 1 fully saturated rings. The number of carbonyl (C=O) groups is 1. The SMILES string of the molecule is CC(C)(C)NC(=O)O[C@@H]1CC[C@H](c2cc(Nc3cnc4c(c3)CNS4(=O)=O)n[nH]2)C1. The molecule has 162 valence electrons. The fraction of sp³-hybridized carbons (Fsp3) is 0.526. The van der Waals surface area contributed by atoms with Crippen molar-refractivity contribution in [3.63, 3.8) is 0 Å². The van der Waals surface area contributed by atoms with Crippen LogP contribution in [0.15, 0.2) is 23.4 Å².